The molecule has 1 saturated carbocycles. The summed E-state index contributed by atoms with van der Waals surface area (Å²) in [7, 11) is 0. The zero-order chi connectivity index (χ0) is 14.4. The van der Waals surface area contributed by atoms with Gasteiger partial charge in [-0.2, -0.15) is 10.2 Å². The Morgan fingerprint density at radius 1 is 1.35 bits per heavy atom. The molecule has 1 aromatic heterocycles. The van der Waals surface area contributed by atoms with Crippen LogP contribution in [0.3, 0.4) is 0 Å². The van der Waals surface area contributed by atoms with E-state index >= 15 is 0 Å². The maximum absolute atomic E-state index is 8.68. The molecule has 20 heavy (non-hydrogen) atoms. The van der Waals surface area contributed by atoms with E-state index in [1.165, 1.54) is 38.5 Å². The van der Waals surface area contributed by atoms with Gasteiger partial charge < -0.3 is 4.52 Å². The zero-order valence-corrected chi connectivity index (χ0v) is 12.6. The van der Waals surface area contributed by atoms with Crippen LogP contribution in [0.1, 0.15) is 76.4 Å². The molecule has 4 nitrogen and oxygen atoms in total. The van der Waals surface area contributed by atoms with Gasteiger partial charge in [0.05, 0.1) is 6.07 Å². The highest BCUT2D eigenvalue weighted by Gasteiger charge is 2.25. The molecular formula is C16H25N3O. The topological polar surface area (TPSA) is 62.7 Å². The minimum Gasteiger partial charge on any atom is -0.339 e. The van der Waals surface area contributed by atoms with Crippen molar-refractivity contribution in [2.75, 3.05) is 0 Å². The van der Waals surface area contributed by atoms with E-state index in [0.29, 0.717) is 24.7 Å². The number of hydrogen-bond donors (Lipinski definition) is 0. The Bertz CT molecular complexity index is 441. The van der Waals surface area contributed by atoms with Crippen molar-refractivity contribution < 1.29 is 4.52 Å². The van der Waals surface area contributed by atoms with Crippen molar-refractivity contribution in [3.63, 3.8) is 0 Å². The van der Waals surface area contributed by atoms with Crippen LogP contribution in [0.15, 0.2) is 4.52 Å². The zero-order valence-electron chi connectivity index (χ0n) is 12.6. The van der Waals surface area contributed by atoms with Crippen LogP contribution in [0.4, 0.5) is 0 Å². The highest BCUT2D eigenvalue weighted by molar-refractivity contribution is 4.98. The summed E-state index contributed by atoms with van der Waals surface area (Å²) in [6, 6.07) is 2.18. The molecule has 1 heterocycles. The minimum atomic E-state index is 0.286. The summed E-state index contributed by atoms with van der Waals surface area (Å²) in [4.78, 5) is 4.54. The van der Waals surface area contributed by atoms with Crippen LogP contribution in [0, 0.1) is 23.2 Å². The molecule has 1 aliphatic carbocycles. The Balaban J connectivity index is 1.85. The highest BCUT2D eigenvalue weighted by Crippen LogP contribution is 2.36. The summed E-state index contributed by atoms with van der Waals surface area (Å²) >= 11 is 0. The molecule has 1 fully saturated rings. The molecular weight excluding hydrogens is 250 g/mol. The molecule has 0 bridgehead atoms. The molecule has 0 spiro atoms. The first-order valence-corrected chi connectivity index (χ1v) is 7.92. The Labute approximate surface area is 121 Å². The molecule has 110 valence electrons. The Morgan fingerprint density at radius 3 is 2.75 bits per heavy atom. The molecule has 0 N–H and O–H groups in total. The fourth-order valence-electron chi connectivity index (χ4n) is 3.16. The lowest BCUT2D eigenvalue weighted by Gasteiger charge is -2.26. The lowest BCUT2D eigenvalue weighted by Crippen LogP contribution is -2.14. The van der Waals surface area contributed by atoms with E-state index in [-0.39, 0.29) is 5.92 Å². The second-order valence-corrected chi connectivity index (χ2v) is 6.22. The van der Waals surface area contributed by atoms with Crippen molar-refractivity contribution in [1.82, 2.24) is 10.1 Å². The van der Waals surface area contributed by atoms with E-state index in [2.05, 4.69) is 23.1 Å². The van der Waals surface area contributed by atoms with Gasteiger partial charge in [-0.15, -0.1) is 0 Å². The Morgan fingerprint density at radius 2 is 2.10 bits per heavy atom. The highest BCUT2D eigenvalue weighted by atomic mass is 16.5. The van der Waals surface area contributed by atoms with Crippen molar-refractivity contribution in [3.8, 4) is 6.07 Å². The normalized spacial score (nSPS) is 24.2. The van der Waals surface area contributed by atoms with Crippen molar-refractivity contribution >= 4 is 0 Å². The monoisotopic (exact) mass is 275 g/mol. The summed E-state index contributed by atoms with van der Waals surface area (Å²) < 4.78 is 5.34. The number of nitrogens with zero attached hydrogens (tertiary/aromatic N) is 3. The van der Waals surface area contributed by atoms with Crippen LogP contribution in [-0.4, -0.2) is 10.1 Å². The molecule has 0 amide bonds. The molecule has 1 atom stereocenters. The van der Waals surface area contributed by atoms with E-state index in [4.69, 9.17) is 9.78 Å². The molecule has 0 radical (unpaired) electrons. The van der Waals surface area contributed by atoms with Crippen molar-refractivity contribution in [1.29, 1.82) is 5.26 Å². The molecule has 1 unspecified atom stereocenters. The molecule has 0 aliphatic heterocycles. The smallest absolute Gasteiger partial charge is 0.226 e. The Hall–Kier alpha value is -1.37. The predicted octanol–water partition coefficient (Wildman–Crippen LogP) is 4.24. The molecule has 0 saturated heterocycles. The fourth-order valence-corrected chi connectivity index (χ4v) is 3.16. The third-order valence-corrected chi connectivity index (χ3v) is 4.36. The number of hydrogen-bond acceptors (Lipinski definition) is 4. The van der Waals surface area contributed by atoms with Gasteiger partial charge in [0.25, 0.3) is 0 Å². The van der Waals surface area contributed by atoms with Crippen molar-refractivity contribution in [2.24, 2.45) is 11.8 Å². The average molecular weight is 275 g/mol. The van der Waals surface area contributed by atoms with Crippen LogP contribution >= 0.6 is 0 Å². The number of rotatable bonds is 6. The van der Waals surface area contributed by atoms with Crippen molar-refractivity contribution in [2.45, 2.75) is 71.1 Å². The maximum atomic E-state index is 8.68. The van der Waals surface area contributed by atoms with Crippen molar-refractivity contribution in [3.05, 3.63) is 11.7 Å². The summed E-state index contributed by atoms with van der Waals surface area (Å²) in [6.07, 6.45) is 8.88. The molecule has 1 aromatic rings. The lowest BCUT2D eigenvalue weighted by molar-refractivity contribution is 0.294. The van der Waals surface area contributed by atoms with Gasteiger partial charge in [-0.1, -0.05) is 31.8 Å². The van der Waals surface area contributed by atoms with Gasteiger partial charge in [0, 0.05) is 18.8 Å². The van der Waals surface area contributed by atoms with E-state index < -0.39 is 0 Å². The van der Waals surface area contributed by atoms with E-state index in [1.54, 1.807) is 0 Å². The van der Waals surface area contributed by atoms with Gasteiger partial charge in [-0.05, 0) is 37.5 Å². The van der Waals surface area contributed by atoms with Gasteiger partial charge in [-0.25, -0.2) is 0 Å². The first kappa shape index (κ1) is 15.0. The van der Waals surface area contributed by atoms with E-state index in [9.17, 15) is 0 Å². The largest absolute Gasteiger partial charge is 0.339 e. The fraction of sp³-hybridized carbons (Fsp3) is 0.812. The lowest BCUT2D eigenvalue weighted by atomic mass is 9.80. The van der Waals surface area contributed by atoms with E-state index in [0.717, 1.165) is 11.7 Å². The second-order valence-electron chi connectivity index (χ2n) is 6.22. The van der Waals surface area contributed by atoms with Crippen LogP contribution < -0.4 is 0 Å². The maximum Gasteiger partial charge on any atom is 0.226 e. The first-order valence-electron chi connectivity index (χ1n) is 7.92. The molecule has 4 heteroatoms. The van der Waals surface area contributed by atoms with Gasteiger partial charge >= 0.3 is 0 Å². The van der Waals surface area contributed by atoms with Crippen LogP contribution in [0.25, 0.3) is 0 Å². The predicted molar refractivity (Wildman–Crippen MR) is 77.0 cm³/mol. The average Bonchev–Trinajstić information content (AvgIpc) is 2.88. The van der Waals surface area contributed by atoms with Gasteiger partial charge in [0.2, 0.25) is 5.89 Å². The third-order valence-electron chi connectivity index (χ3n) is 4.36. The standard InChI is InChI=1S/C16H25N3O/c1-3-4-13-5-7-14(8-6-13)16-18-15(20-19-16)11-12(2)9-10-17/h12-14H,3-9,11H2,1-2H3. The number of nitriles is 1. The first-order chi connectivity index (χ1) is 9.72. The third kappa shape index (κ3) is 4.06. The summed E-state index contributed by atoms with van der Waals surface area (Å²) in [6.45, 7) is 4.31. The van der Waals surface area contributed by atoms with E-state index in [1.807, 2.05) is 6.92 Å². The van der Waals surface area contributed by atoms with Crippen LogP contribution in [0.5, 0.6) is 0 Å². The van der Waals surface area contributed by atoms with Crippen LogP contribution in [-0.2, 0) is 6.42 Å². The SMILES string of the molecule is CCCC1CCC(c2noc(CC(C)CC#N)n2)CC1. The van der Waals surface area contributed by atoms with Gasteiger partial charge in [-0.3, -0.25) is 0 Å². The minimum absolute atomic E-state index is 0.286. The van der Waals surface area contributed by atoms with Gasteiger partial charge in [0.1, 0.15) is 0 Å². The summed E-state index contributed by atoms with van der Waals surface area (Å²) in [5.74, 6) is 3.25. The quantitative estimate of drug-likeness (QED) is 0.779. The molecule has 2 rings (SSSR count). The summed E-state index contributed by atoms with van der Waals surface area (Å²) in [5.41, 5.74) is 0. The van der Waals surface area contributed by atoms with Gasteiger partial charge in [0.15, 0.2) is 5.82 Å². The Kier molecular flexibility index (Phi) is 5.58. The summed E-state index contributed by atoms with van der Waals surface area (Å²) in [5, 5.41) is 12.8. The molecule has 0 aromatic carbocycles. The van der Waals surface area contributed by atoms with Crippen LogP contribution in [0.2, 0.25) is 0 Å². The molecule has 1 aliphatic rings. The second kappa shape index (κ2) is 7.42. The number of aromatic nitrogens is 2.